The van der Waals surface area contributed by atoms with Gasteiger partial charge in [-0.15, -0.1) is 0 Å². The summed E-state index contributed by atoms with van der Waals surface area (Å²) in [6.07, 6.45) is 2.86. The molecule has 0 aromatic rings. The number of methoxy groups -OCH3 is 1. The molecule has 0 amide bonds. The first-order chi connectivity index (χ1) is 7.31. The van der Waals surface area contributed by atoms with Crippen molar-refractivity contribution in [2.45, 2.75) is 32.7 Å². The SMILES string of the molecule is CCNCC(COC)N(CC)CC1CC1. The van der Waals surface area contributed by atoms with Gasteiger partial charge in [-0.25, -0.2) is 0 Å². The van der Waals surface area contributed by atoms with Gasteiger partial charge in [-0.05, 0) is 31.8 Å². The highest BCUT2D eigenvalue weighted by Gasteiger charge is 2.26. The van der Waals surface area contributed by atoms with E-state index < -0.39 is 0 Å². The van der Waals surface area contributed by atoms with Gasteiger partial charge < -0.3 is 10.1 Å². The Bertz CT molecular complexity index is 160. The predicted molar refractivity (Wildman–Crippen MR) is 64.2 cm³/mol. The Morgan fingerprint density at radius 2 is 2.13 bits per heavy atom. The first kappa shape index (κ1) is 12.9. The second-order valence-corrected chi connectivity index (χ2v) is 4.45. The maximum absolute atomic E-state index is 5.30. The van der Waals surface area contributed by atoms with Gasteiger partial charge in [0.05, 0.1) is 6.61 Å². The van der Waals surface area contributed by atoms with E-state index in [9.17, 15) is 0 Å². The minimum absolute atomic E-state index is 0.542. The average molecular weight is 214 g/mol. The van der Waals surface area contributed by atoms with E-state index in [1.165, 1.54) is 19.4 Å². The van der Waals surface area contributed by atoms with Crippen LogP contribution in [0.3, 0.4) is 0 Å². The zero-order valence-corrected chi connectivity index (χ0v) is 10.5. The van der Waals surface area contributed by atoms with E-state index in [0.717, 1.165) is 32.2 Å². The number of rotatable bonds is 9. The van der Waals surface area contributed by atoms with Crippen molar-refractivity contribution in [1.29, 1.82) is 0 Å². The summed E-state index contributed by atoms with van der Waals surface area (Å²) in [4.78, 5) is 2.56. The minimum atomic E-state index is 0.542. The summed E-state index contributed by atoms with van der Waals surface area (Å²) < 4.78 is 5.30. The summed E-state index contributed by atoms with van der Waals surface area (Å²) in [7, 11) is 1.80. The maximum Gasteiger partial charge on any atom is 0.0630 e. The molecule has 1 atom stereocenters. The molecular weight excluding hydrogens is 188 g/mol. The summed E-state index contributed by atoms with van der Waals surface area (Å²) >= 11 is 0. The third-order valence-electron chi connectivity index (χ3n) is 3.10. The van der Waals surface area contributed by atoms with Crippen LogP contribution in [0.2, 0.25) is 0 Å². The lowest BCUT2D eigenvalue weighted by Gasteiger charge is -2.30. The Labute approximate surface area is 94.2 Å². The van der Waals surface area contributed by atoms with E-state index in [2.05, 4.69) is 24.1 Å². The van der Waals surface area contributed by atoms with Crippen molar-refractivity contribution in [3.05, 3.63) is 0 Å². The summed E-state index contributed by atoms with van der Waals surface area (Å²) in [5.41, 5.74) is 0. The Kier molecular flexibility index (Phi) is 6.22. The van der Waals surface area contributed by atoms with Crippen LogP contribution in [0.4, 0.5) is 0 Å². The van der Waals surface area contributed by atoms with Gasteiger partial charge in [0.1, 0.15) is 0 Å². The molecule has 1 saturated carbocycles. The monoisotopic (exact) mass is 214 g/mol. The second-order valence-electron chi connectivity index (χ2n) is 4.45. The molecule has 0 spiro atoms. The Morgan fingerprint density at radius 1 is 1.40 bits per heavy atom. The number of likely N-dealkylation sites (N-methyl/N-ethyl adjacent to an activating group) is 2. The van der Waals surface area contributed by atoms with Crippen LogP contribution in [-0.4, -0.2) is 50.8 Å². The van der Waals surface area contributed by atoms with Crippen LogP contribution < -0.4 is 5.32 Å². The van der Waals surface area contributed by atoms with Crippen LogP contribution in [0.5, 0.6) is 0 Å². The molecule has 0 bridgehead atoms. The van der Waals surface area contributed by atoms with E-state index in [0.29, 0.717) is 6.04 Å². The van der Waals surface area contributed by atoms with Gasteiger partial charge in [-0.2, -0.15) is 0 Å². The first-order valence-electron chi connectivity index (χ1n) is 6.25. The molecule has 1 rings (SSSR count). The van der Waals surface area contributed by atoms with Crippen LogP contribution in [-0.2, 0) is 4.74 Å². The summed E-state index contributed by atoms with van der Waals surface area (Å²) in [5, 5.41) is 3.42. The lowest BCUT2D eigenvalue weighted by molar-refractivity contribution is 0.0896. The van der Waals surface area contributed by atoms with Crippen molar-refractivity contribution in [3.8, 4) is 0 Å². The summed E-state index contributed by atoms with van der Waals surface area (Å²) in [5.74, 6) is 0.964. The van der Waals surface area contributed by atoms with E-state index >= 15 is 0 Å². The molecule has 90 valence electrons. The first-order valence-corrected chi connectivity index (χ1v) is 6.25. The van der Waals surface area contributed by atoms with Gasteiger partial charge in [0.15, 0.2) is 0 Å². The zero-order chi connectivity index (χ0) is 11.1. The third-order valence-corrected chi connectivity index (χ3v) is 3.10. The molecule has 0 aromatic heterocycles. The van der Waals surface area contributed by atoms with Crippen LogP contribution in [0, 0.1) is 5.92 Å². The highest BCUT2D eigenvalue weighted by Crippen LogP contribution is 2.30. The molecule has 0 heterocycles. The van der Waals surface area contributed by atoms with Gasteiger partial charge in [0, 0.05) is 26.2 Å². The van der Waals surface area contributed by atoms with Crippen molar-refractivity contribution in [2.24, 2.45) is 5.92 Å². The van der Waals surface area contributed by atoms with Gasteiger partial charge in [-0.1, -0.05) is 13.8 Å². The van der Waals surface area contributed by atoms with E-state index in [1.807, 2.05) is 0 Å². The van der Waals surface area contributed by atoms with Crippen molar-refractivity contribution in [3.63, 3.8) is 0 Å². The van der Waals surface area contributed by atoms with E-state index in [4.69, 9.17) is 4.74 Å². The van der Waals surface area contributed by atoms with Crippen LogP contribution in [0.1, 0.15) is 26.7 Å². The third kappa shape index (κ3) is 4.96. The normalized spacial score (nSPS) is 18.4. The number of hydrogen-bond acceptors (Lipinski definition) is 3. The van der Waals surface area contributed by atoms with Crippen LogP contribution in [0.25, 0.3) is 0 Å². The molecule has 0 saturated heterocycles. The molecule has 3 nitrogen and oxygen atoms in total. The van der Waals surface area contributed by atoms with Gasteiger partial charge in [-0.3, -0.25) is 4.90 Å². The van der Waals surface area contributed by atoms with E-state index in [1.54, 1.807) is 7.11 Å². The minimum Gasteiger partial charge on any atom is -0.383 e. The highest BCUT2D eigenvalue weighted by atomic mass is 16.5. The molecular formula is C12H26N2O. The van der Waals surface area contributed by atoms with Crippen molar-refractivity contribution in [1.82, 2.24) is 10.2 Å². The lowest BCUT2D eigenvalue weighted by Crippen LogP contribution is -2.46. The van der Waals surface area contributed by atoms with Crippen LogP contribution in [0.15, 0.2) is 0 Å². The summed E-state index contributed by atoms with van der Waals surface area (Å²) in [6, 6.07) is 0.542. The molecule has 0 aromatic carbocycles. The van der Waals surface area contributed by atoms with Gasteiger partial charge >= 0.3 is 0 Å². The van der Waals surface area contributed by atoms with Crippen molar-refractivity contribution in [2.75, 3.05) is 39.9 Å². The highest BCUT2D eigenvalue weighted by molar-refractivity contribution is 4.81. The maximum atomic E-state index is 5.30. The second kappa shape index (κ2) is 7.20. The molecule has 1 aliphatic rings. The lowest BCUT2D eigenvalue weighted by atomic mass is 10.2. The van der Waals surface area contributed by atoms with E-state index in [-0.39, 0.29) is 0 Å². The summed E-state index contributed by atoms with van der Waals surface area (Å²) in [6.45, 7) is 9.73. The molecule has 1 fully saturated rings. The topological polar surface area (TPSA) is 24.5 Å². The predicted octanol–water partition coefficient (Wildman–Crippen LogP) is 1.34. The van der Waals surface area contributed by atoms with Crippen LogP contribution >= 0.6 is 0 Å². The molecule has 3 heteroatoms. The Balaban J connectivity index is 2.33. The average Bonchev–Trinajstić information content (AvgIpc) is 3.05. The molecule has 1 unspecified atom stereocenters. The Morgan fingerprint density at radius 3 is 2.60 bits per heavy atom. The van der Waals surface area contributed by atoms with Crippen molar-refractivity contribution < 1.29 is 4.74 Å². The number of ether oxygens (including phenoxy) is 1. The standard InChI is InChI=1S/C12H26N2O/c1-4-13-8-12(10-15-3)14(5-2)9-11-6-7-11/h11-13H,4-10H2,1-3H3. The molecule has 1 aliphatic carbocycles. The van der Waals surface area contributed by atoms with Gasteiger partial charge in [0.2, 0.25) is 0 Å². The fourth-order valence-electron chi connectivity index (χ4n) is 1.97. The number of hydrogen-bond donors (Lipinski definition) is 1. The number of nitrogens with zero attached hydrogens (tertiary/aromatic N) is 1. The quantitative estimate of drug-likeness (QED) is 0.627. The largest absolute Gasteiger partial charge is 0.383 e. The molecule has 1 N–H and O–H groups in total. The fraction of sp³-hybridized carbons (Fsp3) is 1.00. The zero-order valence-electron chi connectivity index (χ0n) is 10.5. The molecule has 15 heavy (non-hydrogen) atoms. The molecule has 0 radical (unpaired) electrons. The smallest absolute Gasteiger partial charge is 0.0630 e. The fourth-order valence-corrected chi connectivity index (χ4v) is 1.97. The Hall–Kier alpha value is -0.120. The van der Waals surface area contributed by atoms with Crippen molar-refractivity contribution >= 4 is 0 Å². The molecule has 0 aliphatic heterocycles. The number of nitrogens with one attached hydrogen (secondary N) is 1. The van der Waals surface area contributed by atoms with Gasteiger partial charge in [0.25, 0.3) is 0 Å².